The first-order valence-electron chi connectivity index (χ1n) is 8.33. The Balaban J connectivity index is -0.000000607. The van der Waals surface area contributed by atoms with Crippen molar-refractivity contribution in [2.24, 2.45) is 5.11 Å². The zero-order valence-electron chi connectivity index (χ0n) is 14.6. The van der Waals surface area contributed by atoms with Gasteiger partial charge in [-0.05, 0) is 47.2 Å². The van der Waals surface area contributed by atoms with Crippen LogP contribution in [-0.4, -0.2) is 32.2 Å². The van der Waals surface area contributed by atoms with Gasteiger partial charge in [-0.15, -0.1) is 0 Å². The number of nitrogens with zero attached hydrogens (tertiary/aromatic N) is 4. The van der Waals surface area contributed by atoms with Crippen LogP contribution in [0.2, 0.25) is 0 Å². The maximum absolute atomic E-state index is 8.45. The summed E-state index contributed by atoms with van der Waals surface area (Å²) in [6, 6.07) is 12.0. The highest BCUT2D eigenvalue weighted by molar-refractivity contribution is 5.48. The van der Waals surface area contributed by atoms with E-state index in [0.717, 1.165) is 44.0 Å². The second-order valence-electron chi connectivity index (χ2n) is 6.11. The summed E-state index contributed by atoms with van der Waals surface area (Å²) in [6.45, 7) is 2.96. The van der Waals surface area contributed by atoms with Crippen molar-refractivity contribution in [3.63, 3.8) is 0 Å². The summed E-state index contributed by atoms with van der Waals surface area (Å²) < 4.78 is 10.8. The summed E-state index contributed by atoms with van der Waals surface area (Å²) in [6.07, 6.45) is 1.99. The van der Waals surface area contributed by atoms with Crippen LogP contribution in [0.25, 0.3) is 10.4 Å². The molecule has 0 radical (unpaired) electrons. The van der Waals surface area contributed by atoms with Crippen molar-refractivity contribution < 1.29 is 18.0 Å². The van der Waals surface area contributed by atoms with Gasteiger partial charge in [0.25, 0.3) is 0 Å². The van der Waals surface area contributed by atoms with Crippen LogP contribution in [0.3, 0.4) is 0 Å². The highest BCUT2D eigenvalue weighted by atomic mass is 16.5. The van der Waals surface area contributed by atoms with Gasteiger partial charge in [0.2, 0.25) is 0 Å². The van der Waals surface area contributed by atoms with Gasteiger partial charge in [-0.1, -0.05) is 29.4 Å². The topological polar surface area (TPSA) is 70.5 Å². The second kappa shape index (κ2) is 7.92. The van der Waals surface area contributed by atoms with Crippen LogP contribution in [0.15, 0.2) is 41.5 Å². The number of benzene rings is 2. The van der Waals surface area contributed by atoms with Crippen LogP contribution in [0.4, 0.5) is 5.69 Å². The normalized spacial score (nSPS) is 13.7. The molecule has 25 heavy (non-hydrogen) atoms. The van der Waals surface area contributed by atoms with Crippen molar-refractivity contribution in [3.05, 3.63) is 63.5 Å². The number of methoxy groups -OCH3 is 2. The lowest BCUT2D eigenvalue weighted by Gasteiger charge is -2.29. The molecule has 0 amide bonds. The average Bonchev–Trinajstić information content (AvgIpc) is 2.66. The molecule has 0 saturated heterocycles. The number of hydrogen-bond donors (Lipinski definition) is 0. The number of ether oxygens (including phenoxy) is 2. The Morgan fingerprint density at radius 3 is 2.44 bits per heavy atom. The standard InChI is InChI=1S/C19H22N4O2.6H2/c1-24-18-11-15-8-10-23(13-16(15)12-19(18)25-2)9-7-14-3-5-17(6-4-14)21-22-20;;;;;;/h3-6,11-12H,7-10,13H2,1-2H3;6*1H. The quantitative estimate of drug-likeness (QED) is 0.380. The molecule has 1 aliphatic rings. The van der Waals surface area contributed by atoms with Gasteiger partial charge in [0.1, 0.15) is 0 Å². The third-order valence-electron chi connectivity index (χ3n) is 4.61. The Kier molecular flexibility index (Phi) is 5.43. The van der Waals surface area contributed by atoms with Crippen molar-refractivity contribution in [3.8, 4) is 11.5 Å². The maximum Gasteiger partial charge on any atom is 0.161 e. The molecule has 0 fully saturated rings. The Hall–Kier alpha value is -2.69. The van der Waals surface area contributed by atoms with Gasteiger partial charge in [0.05, 0.1) is 14.2 Å². The Bertz CT molecular complexity index is 805. The molecule has 1 heterocycles. The fourth-order valence-electron chi connectivity index (χ4n) is 3.20. The van der Waals surface area contributed by atoms with E-state index in [1.54, 1.807) is 14.2 Å². The van der Waals surface area contributed by atoms with Crippen LogP contribution < -0.4 is 9.47 Å². The summed E-state index contributed by atoms with van der Waals surface area (Å²) in [5.41, 5.74) is 13.0. The van der Waals surface area contributed by atoms with E-state index in [0.29, 0.717) is 5.69 Å². The van der Waals surface area contributed by atoms with Gasteiger partial charge in [-0.25, -0.2) is 0 Å². The SMILES string of the molecule is COc1cc2c(cc1OC)CN(CCc1ccc(N=[N+]=[N-])cc1)CC2.[HH].[HH].[HH].[HH].[HH].[HH]. The molecule has 2 aromatic carbocycles. The average molecular weight is 351 g/mol. The minimum Gasteiger partial charge on any atom is -0.493 e. The molecule has 0 bridgehead atoms. The molecule has 2 aromatic rings. The first-order chi connectivity index (χ1) is 12.2. The van der Waals surface area contributed by atoms with Gasteiger partial charge in [0, 0.05) is 38.8 Å². The first kappa shape index (κ1) is 17.1. The maximum atomic E-state index is 8.45. The fourth-order valence-corrected chi connectivity index (χ4v) is 3.20. The summed E-state index contributed by atoms with van der Waals surface area (Å²) in [7, 11) is 3.34. The molecule has 0 atom stereocenters. The van der Waals surface area contributed by atoms with E-state index >= 15 is 0 Å². The van der Waals surface area contributed by atoms with Crippen LogP contribution in [0.1, 0.15) is 25.3 Å². The molecule has 1 aliphatic heterocycles. The van der Waals surface area contributed by atoms with E-state index in [1.165, 1.54) is 16.7 Å². The van der Waals surface area contributed by atoms with Crippen molar-refractivity contribution in [1.29, 1.82) is 0 Å². The molecule has 0 N–H and O–H groups in total. The molecular weight excluding hydrogens is 316 g/mol. The second-order valence-corrected chi connectivity index (χ2v) is 6.11. The van der Waals surface area contributed by atoms with Gasteiger partial charge in [-0.3, -0.25) is 4.90 Å². The molecule has 0 unspecified atom stereocenters. The fraction of sp³-hybridized carbons (Fsp3) is 0.368. The summed E-state index contributed by atoms with van der Waals surface area (Å²) in [4.78, 5) is 5.25. The molecule has 6 heteroatoms. The molecule has 0 aliphatic carbocycles. The summed E-state index contributed by atoms with van der Waals surface area (Å²) in [5, 5.41) is 3.60. The highest BCUT2D eigenvalue weighted by Gasteiger charge is 2.19. The van der Waals surface area contributed by atoms with Gasteiger partial charge >= 0.3 is 0 Å². The molecular formula is C19H34N4O2. The lowest BCUT2D eigenvalue weighted by molar-refractivity contribution is 0.255. The van der Waals surface area contributed by atoms with Crippen LogP contribution in [0, 0.1) is 0 Å². The minimum atomic E-state index is 0. The predicted octanol–water partition coefficient (Wildman–Crippen LogP) is 5.72. The van der Waals surface area contributed by atoms with Crippen molar-refractivity contribution in [1.82, 2.24) is 4.90 Å². The lowest BCUT2D eigenvalue weighted by Crippen LogP contribution is -2.32. The predicted molar refractivity (Wildman–Crippen MR) is 110 cm³/mol. The zero-order chi connectivity index (χ0) is 17.6. The van der Waals surface area contributed by atoms with Crippen molar-refractivity contribution >= 4 is 5.69 Å². The molecule has 142 valence electrons. The van der Waals surface area contributed by atoms with E-state index in [2.05, 4.69) is 27.1 Å². The third-order valence-corrected chi connectivity index (χ3v) is 4.61. The monoisotopic (exact) mass is 350 g/mol. The van der Waals surface area contributed by atoms with Crippen LogP contribution >= 0.6 is 0 Å². The Morgan fingerprint density at radius 2 is 1.80 bits per heavy atom. The van der Waals surface area contributed by atoms with Gasteiger partial charge < -0.3 is 9.47 Å². The van der Waals surface area contributed by atoms with E-state index in [9.17, 15) is 0 Å². The summed E-state index contributed by atoms with van der Waals surface area (Å²) in [5.74, 6) is 1.59. The highest BCUT2D eigenvalue weighted by Crippen LogP contribution is 2.33. The minimum absolute atomic E-state index is 0. The number of fused-ring (bicyclic) bond motifs is 1. The lowest BCUT2D eigenvalue weighted by atomic mass is 9.98. The Morgan fingerprint density at radius 1 is 1.12 bits per heavy atom. The Labute approximate surface area is 156 Å². The first-order valence-corrected chi connectivity index (χ1v) is 8.33. The van der Waals surface area contributed by atoms with E-state index in [1.807, 2.05) is 24.3 Å². The van der Waals surface area contributed by atoms with E-state index in [-0.39, 0.29) is 8.56 Å². The zero-order valence-corrected chi connectivity index (χ0v) is 14.6. The van der Waals surface area contributed by atoms with E-state index < -0.39 is 0 Å². The van der Waals surface area contributed by atoms with Crippen LogP contribution in [-0.2, 0) is 19.4 Å². The molecule has 0 saturated carbocycles. The number of hydrogen-bond acceptors (Lipinski definition) is 4. The molecule has 3 rings (SSSR count). The third kappa shape index (κ3) is 4.05. The molecule has 0 spiro atoms. The van der Waals surface area contributed by atoms with Crippen molar-refractivity contribution in [2.75, 3.05) is 27.3 Å². The van der Waals surface area contributed by atoms with Crippen LogP contribution in [0.5, 0.6) is 11.5 Å². The molecule has 6 nitrogen and oxygen atoms in total. The van der Waals surface area contributed by atoms with E-state index in [4.69, 9.17) is 15.0 Å². The number of azide groups is 1. The smallest absolute Gasteiger partial charge is 0.161 e. The largest absolute Gasteiger partial charge is 0.493 e. The van der Waals surface area contributed by atoms with Gasteiger partial charge in [0.15, 0.2) is 11.5 Å². The van der Waals surface area contributed by atoms with Crippen molar-refractivity contribution in [2.45, 2.75) is 19.4 Å². The van der Waals surface area contributed by atoms with Gasteiger partial charge in [-0.2, -0.15) is 0 Å². The molecule has 0 aromatic heterocycles. The summed E-state index contributed by atoms with van der Waals surface area (Å²) >= 11 is 0. The number of rotatable bonds is 6.